The quantitative estimate of drug-likeness (QED) is 0.507. The number of aromatic nitrogens is 1. The lowest BCUT2D eigenvalue weighted by Gasteiger charge is -2.10. The van der Waals surface area contributed by atoms with E-state index in [0.29, 0.717) is 0 Å². The van der Waals surface area contributed by atoms with E-state index in [2.05, 4.69) is 4.98 Å². The van der Waals surface area contributed by atoms with Gasteiger partial charge in [-0.25, -0.2) is 8.42 Å². The molecule has 0 bridgehead atoms. The molecule has 0 saturated carbocycles. The van der Waals surface area contributed by atoms with Gasteiger partial charge in [0.25, 0.3) is 0 Å². The van der Waals surface area contributed by atoms with Crippen LogP contribution in [0, 0.1) is 0 Å². The van der Waals surface area contributed by atoms with E-state index < -0.39 is 28.6 Å². The second-order valence-electron chi connectivity index (χ2n) is 2.74. The lowest BCUT2D eigenvalue weighted by atomic mass is 10.3. The van der Waals surface area contributed by atoms with Crippen LogP contribution in [-0.4, -0.2) is 42.2 Å². The molecule has 4 N–H and O–H groups in total. The third-order valence-electron chi connectivity index (χ3n) is 1.66. The highest BCUT2D eigenvalue weighted by atomic mass is 32.2. The number of carboxylic acid groups (broad SMARTS) is 1. The molecule has 1 atom stereocenters. The van der Waals surface area contributed by atoms with Gasteiger partial charge in [0.1, 0.15) is 6.04 Å². The van der Waals surface area contributed by atoms with E-state index in [-0.39, 0.29) is 4.90 Å². The molecule has 84 valence electrons. The number of hydrogen-bond acceptors (Lipinski definition) is 4. The molecule has 1 rings (SSSR count). The van der Waals surface area contributed by atoms with Crippen molar-refractivity contribution in [3.05, 3.63) is 18.5 Å². The molecule has 0 spiro atoms. The third-order valence-corrected chi connectivity index (χ3v) is 3.13. The zero-order valence-electron chi connectivity index (χ0n) is 7.54. The molecule has 0 aliphatic heterocycles. The van der Waals surface area contributed by atoms with Gasteiger partial charge < -0.3 is 15.2 Å². The molecule has 1 aromatic heterocycles. The summed E-state index contributed by atoms with van der Waals surface area (Å²) in [5.41, 5.74) is 0. The molecule has 1 aromatic rings. The van der Waals surface area contributed by atoms with Gasteiger partial charge in [-0.05, 0) is 6.07 Å². The third kappa shape index (κ3) is 2.78. The fourth-order valence-electron chi connectivity index (χ4n) is 0.897. The second kappa shape index (κ2) is 4.43. The van der Waals surface area contributed by atoms with E-state index in [9.17, 15) is 13.2 Å². The minimum absolute atomic E-state index is 0.0813. The summed E-state index contributed by atoms with van der Waals surface area (Å²) in [6.45, 7) is -0.807. The van der Waals surface area contributed by atoms with Gasteiger partial charge >= 0.3 is 5.97 Å². The average Bonchev–Trinajstić information content (AvgIpc) is 2.67. The Kier molecular flexibility index (Phi) is 3.45. The number of H-pyrrole nitrogens is 1. The molecule has 1 unspecified atom stereocenters. The smallest absolute Gasteiger partial charge is 0.324 e. The molecule has 1 heterocycles. The van der Waals surface area contributed by atoms with Crippen LogP contribution < -0.4 is 4.72 Å². The molecule has 0 fully saturated rings. The van der Waals surface area contributed by atoms with Gasteiger partial charge in [-0.3, -0.25) is 4.79 Å². The Morgan fingerprint density at radius 1 is 1.60 bits per heavy atom. The molecule has 0 saturated heterocycles. The van der Waals surface area contributed by atoms with Crippen molar-refractivity contribution in [2.75, 3.05) is 6.61 Å². The van der Waals surface area contributed by atoms with Gasteiger partial charge in [0, 0.05) is 12.4 Å². The van der Waals surface area contributed by atoms with Crippen molar-refractivity contribution in [2.24, 2.45) is 0 Å². The number of aliphatic carboxylic acids is 1. The summed E-state index contributed by atoms with van der Waals surface area (Å²) in [7, 11) is -3.90. The van der Waals surface area contributed by atoms with Crippen molar-refractivity contribution in [1.29, 1.82) is 0 Å². The van der Waals surface area contributed by atoms with Crippen LogP contribution in [0.2, 0.25) is 0 Å². The summed E-state index contributed by atoms with van der Waals surface area (Å²) in [6, 6.07) is -0.261. The Labute approximate surface area is 85.8 Å². The molecule has 0 aliphatic carbocycles. The highest BCUT2D eigenvalue weighted by Gasteiger charge is 2.24. The summed E-state index contributed by atoms with van der Waals surface area (Å²) in [5, 5.41) is 17.2. The first-order chi connectivity index (χ1) is 6.97. The van der Waals surface area contributed by atoms with Crippen LogP contribution in [0.1, 0.15) is 0 Å². The Balaban J connectivity index is 2.86. The normalized spacial score (nSPS) is 13.7. The Morgan fingerprint density at radius 3 is 2.67 bits per heavy atom. The summed E-state index contributed by atoms with van der Waals surface area (Å²) in [5.74, 6) is -1.43. The van der Waals surface area contributed by atoms with Crippen molar-refractivity contribution >= 4 is 16.0 Å². The summed E-state index contributed by atoms with van der Waals surface area (Å²) in [6.07, 6.45) is 2.60. The Bertz CT molecular complexity index is 424. The summed E-state index contributed by atoms with van der Waals surface area (Å²) in [4.78, 5) is 12.9. The van der Waals surface area contributed by atoms with Crippen LogP contribution in [0.5, 0.6) is 0 Å². The highest BCUT2D eigenvalue weighted by Crippen LogP contribution is 2.06. The van der Waals surface area contributed by atoms with Gasteiger partial charge in [0.15, 0.2) is 0 Å². The van der Waals surface area contributed by atoms with Gasteiger partial charge in [0.2, 0.25) is 10.0 Å². The van der Waals surface area contributed by atoms with Crippen LogP contribution >= 0.6 is 0 Å². The van der Waals surface area contributed by atoms with Crippen molar-refractivity contribution in [3.8, 4) is 0 Å². The van der Waals surface area contributed by atoms with E-state index in [1.807, 2.05) is 4.72 Å². The second-order valence-corrected chi connectivity index (χ2v) is 4.46. The van der Waals surface area contributed by atoms with Crippen LogP contribution in [0.25, 0.3) is 0 Å². The number of aromatic amines is 1. The first kappa shape index (κ1) is 11.7. The monoisotopic (exact) mass is 234 g/mol. The van der Waals surface area contributed by atoms with E-state index in [0.717, 1.165) is 0 Å². The fraction of sp³-hybridized carbons (Fsp3) is 0.286. The first-order valence-electron chi connectivity index (χ1n) is 3.96. The van der Waals surface area contributed by atoms with E-state index in [1.165, 1.54) is 18.5 Å². The zero-order chi connectivity index (χ0) is 11.5. The molecule has 0 aromatic carbocycles. The van der Waals surface area contributed by atoms with E-state index >= 15 is 0 Å². The van der Waals surface area contributed by atoms with Gasteiger partial charge in [-0.1, -0.05) is 0 Å². The van der Waals surface area contributed by atoms with Crippen LogP contribution in [-0.2, 0) is 14.8 Å². The average molecular weight is 234 g/mol. The Morgan fingerprint density at radius 2 is 2.27 bits per heavy atom. The van der Waals surface area contributed by atoms with Crippen LogP contribution in [0.15, 0.2) is 23.4 Å². The first-order valence-corrected chi connectivity index (χ1v) is 5.44. The zero-order valence-corrected chi connectivity index (χ0v) is 8.36. The fourth-order valence-corrected chi connectivity index (χ4v) is 2.05. The van der Waals surface area contributed by atoms with Gasteiger partial charge in [-0.2, -0.15) is 4.72 Å². The highest BCUT2D eigenvalue weighted by molar-refractivity contribution is 7.89. The van der Waals surface area contributed by atoms with E-state index in [1.54, 1.807) is 0 Å². The van der Waals surface area contributed by atoms with Crippen LogP contribution in [0.3, 0.4) is 0 Å². The molecule has 0 aliphatic rings. The van der Waals surface area contributed by atoms with Crippen LogP contribution in [0.4, 0.5) is 0 Å². The largest absolute Gasteiger partial charge is 0.480 e. The maximum absolute atomic E-state index is 11.5. The molecular weight excluding hydrogens is 224 g/mol. The topological polar surface area (TPSA) is 119 Å². The maximum atomic E-state index is 11.5. The molecule has 8 heteroatoms. The SMILES string of the molecule is O=C(O)C(CO)NS(=O)(=O)c1cc[nH]c1. The summed E-state index contributed by atoms with van der Waals surface area (Å²) >= 11 is 0. The lowest BCUT2D eigenvalue weighted by Crippen LogP contribution is -2.43. The number of sulfonamides is 1. The molecule has 7 nitrogen and oxygen atoms in total. The minimum atomic E-state index is -3.90. The number of hydrogen-bond donors (Lipinski definition) is 4. The van der Waals surface area contributed by atoms with Gasteiger partial charge in [0.05, 0.1) is 11.5 Å². The van der Waals surface area contributed by atoms with Crippen molar-refractivity contribution in [2.45, 2.75) is 10.9 Å². The lowest BCUT2D eigenvalue weighted by molar-refractivity contribution is -0.139. The summed E-state index contributed by atoms with van der Waals surface area (Å²) < 4.78 is 24.8. The molecule has 0 radical (unpaired) electrons. The maximum Gasteiger partial charge on any atom is 0.324 e. The number of carboxylic acids is 1. The van der Waals surface area contributed by atoms with E-state index in [4.69, 9.17) is 10.2 Å². The number of aliphatic hydroxyl groups excluding tert-OH is 1. The predicted octanol–water partition coefficient (Wildman–Crippen LogP) is -1.26. The predicted molar refractivity (Wildman–Crippen MR) is 49.6 cm³/mol. The van der Waals surface area contributed by atoms with Gasteiger partial charge in [-0.15, -0.1) is 0 Å². The molecule has 0 amide bonds. The molecular formula is C7H10N2O5S. The standard InChI is InChI=1S/C7H10N2O5S/c10-4-6(7(11)12)9-15(13,14)5-1-2-8-3-5/h1-3,6,8-10H,4H2,(H,11,12). The Hall–Kier alpha value is -1.38. The van der Waals surface area contributed by atoms with Crippen molar-refractivity contribution in [1.82, 2.24) is 9.71 Å². The van der Waals surface area contributed by atoms with Crippen molar-refractivity contribution in [3.63, 3.8) is 0 Å². The number of carbonyl (C=O) groups is 1. The number of nitrogens with one attached hydrogen (secondary N) is 2. The molecule has 15 heavy (non-hydrogen) atoms. The number of aliphatic hydroxyl groups is 1. The van der Waals surface area contributed by atoms with Crippen molar-refractivity contribution < 1.29 is 23.4 Å². The number of rotatable bonds is 5. The minimum Gasteiger partial charge on any atom is -0.480 e.